The van der Waals surface area contributed by atoms with E-state index in [1.165, 1.54) is 77.0 Å². The van der Waals surface area contributed by atoms with Crippen molar-refractivity contribution < 1.29 is 34.2 Å². The molecule has 0 atom stereocenters. The Hall–Kier alpha value is -1.89. The molecule has 0 heterocycles. The number of carbonyl (C=O) groups excluding carboxylic acids is 1. The van der Waals surface area contributed by atoms with Crippen molar-refractivity contribution in [1.29, 1.82) is 0 Å². The topological polar surface area (TPSA) is 115 Å². The predicted octanol–water partition coefficient (Wildman–Crippen LogP) is 5.32. The Morgan fingerprint density at radius 3 is 1.34 bits per heavy atom. The van der Waals surface area contributed by atoms with Crippen molar-refractivity contribution in [3.8, 4) is 0 Å². The van der Waals surface area contributed by atoms with Crippen molar-refractivity contribution in [3.05, 3.63) is 12.2 Å². The molecule has 0 saturated carbocycles. The van der Waals surface area contributed by atoms with Crippen LogP contribution in [0.2, 0.25) is 0 Å². The van der Waals surface area contributed by atoms with Crippen LogP contribution in [0, 0.1) is 0 Å². The van der Waals surface area contributed by atoms with Gasteiger partial charge < -0.3 is 24.6 Å². The Morgan fingerprint density at radius 1 is 0.600 bits per heavy atom. The summed E-state index contributed by atoms with van der Waals surface area (Å²) < 4.78 is -0.508. The largest absolute Gasteiger partial charge is 0.544 e. The molecule has 0 rings (SSSR count). The summed E-state index contributed by atoms with van der Waals surface area (Å²) in [7, 11) is 0. The maximum Gasteiger partial charge on any atom is 0.359 e. The average molecular weight is 498 g/mol. The number of quaternary nitrogens is 1. The van der Waals surface area contributed by atoms with Gasteiger partial charge in [0.1, 0.15) is 6.54 Å². The molecular weight excluding hydrogens is 446 g/mol. The van der Waals surface area contributed by atoms with Crippen LogP contribution < -0.4 is 5.11 Å². The third kappa shape index (κ3) is 22.3. The van der Waals surface area contributed by atoms with Gasteiger partial charge in [-0.3, -0.25) is 0 Å². The lowest BCUT2D eigenvalue weighted by molar-refractivity contribution is -0.909. The van der Waals surface area contributed by atoms with Gasteiger partial charge in [0.2, 0.25) is 0 Å². The molecule has 0 aliphatic heterocycles. The average Bonchev–Trinajstić information content (AvgIpc) is 2.76. The maximum atomic E-state index is 11.2. The second-order valence-corrected chi connectivity index (χ2v) is 10.1. The lowest BCUT2D eigenvalue weighted by atomic mass is 10.0. The number of allylic oxidation sites excluding steroid dienone is 2. The molecule has 7 nitrogen and oxygen atoms in total. The Kier molecular flexibility index (Phi) is 21.3. The van der Waals surface area contributed by atoms with E-state index in [4.69, 9.17) is 10.2 Å². The zero-order valence-electron chi connectivity index (χ0n) is 22.2. The third-order valence-corrected chi connectivity index (χ3v) is 6.55. The molecule has 0 unspecified atom stereocenters. The molecule has 2 N–H and O–H groups in total. The fourth-order valence-electron chi connectivity index (χ4n) is 4.65. The highest BCUT2D eigenvalue weighted by Crippen LogP contribution is 2.14. The molecule has 0 amide bonds. The van der Waals surface area contributed by atoms with Crippen LogP contribution in [0.25, 0.3) is 0 Å². The van der Waals surface area contributed by atoms with E-state index in [1.807, 2.05) is 0 Å². The minimum absolute atomic E-state index is 0.210. The van der Waals surface area contributed by atoms with Crippen molar-refractivity contribution in [1.82, 2.24) is 0 Å². The monoisotopic (exact) mass is 497 g/mol. The smallest absolute Gasteiger partial charge is 0.359 e. The van der Waals surface area contributed by atoms with Gasteiger partial charge in [0.25, 0.3) is 0 Å². The molecule has 7 heteroatoms. The molecule has 0 aromatic rings. The molecule has 0 spiro atoms. The number of rotatable bonds is 26. The molecule has 0 aromatic heterocycles. The fourth-order valence-corrected chi connectivity index (χ4v) is 4.65. The summed E-state index contributed by atoms with van der Waals surface area (Å²) in [6.07, 6.45) is 26.3. The van der Waals surface area contributed by atoms with Gasteiger partial charge in [0, 0.05) is 0 Å². The first-order valence-corrected chi connectivity index (χ1v) is 13.9. The highest BCUT2D eigenvalue weighted by atomic mass is 16.4. The maximum absolute atomic E-state index is 11.2. The van der Waals surface area contributed by atoms with Gasteiger partial charge in [0.05, 0.1) is 12.5 Å². The van der Waals surface area contributed by atoms with E-state index in [-0.39, 0.29) is 6.54 Å². The van der Waals surface area contributed by atoms with Crippen LogP contribution in [0.15, 0.2) is 12.2 Å². The number of carboxylic acid groups (broad SMARTS) is 3. The fraction of sp³-hybridized carbons (Fsp3) is 0.821. The van der Waals surface area contributed by atoms with Gasteiger partial charge in [-0.05, 0) is 38.5 Å². The van der Waals surface area contributed by atoms with E-state index in [0.29, 0.717) is 6.42 Å². The zero-order valence-corrected chi connectivity index (χ0v) is 22.2. The molecule has 0 fully saturated rings. The van der Waals surface area contributed by atoms with Crippen LogP contribution in [0.1, 0.15) is 122 Å². The minimum atomic E-state index is -1.43. The molecule has 204 valence electrons. The molecule has 0 aliphatic rings. The quantitative estimate of drug-likeness (QED) is 0.0949. The van der Waals surface area contributed by atoms with E-state index in [0.717, 1.165) is 32.1 Å². The number of carboxylic acids is 3. The summed E-state index contributed by atoms with van der Waals surface area (Å²) >= 11 is 0. The van der Waals surface area contributed by atoms with E-state index >= 15 is 0 Å². The third-order valence-electron chi connectivity index (χ3n) is 6.55. The van der Waals surface area contributed by atoms with E-state index in [1.54, 1.807) is 0 Å². The number of hydrogen-bond acceptors (Lipinski definition) is 4. The van der Waals surface area contributed by atoms with Crippen LogP contribution in [0.3, 0.4) is 0 Å². The zero-order chi connectivity index (χ0) is 26.2. The van der Waals surface area contributed by atoms with Crippen molar-refractivity contribution in [3.63, 3.8) is 0 Å². The molecule has 0 aliphatic carbocycles. The van der Waals surface area contributed by atoms with Gasteiger partial charge in [-0.15, -0.1) is 0 Å². The number of aliphatic carboxylic acids is 3. The Labute approximate surface area is 213 Å². The predicted molar refractivity (Wildman–Crippen MR) is 138 cm³/mol. The van der Waals surface area contributed by atoms with Crippen molar-refractivity contribution >= 4 is 17.9 Å². The van der Waals surface area contributed by atoms with Crippen LogP contribution in [0.5, 0.6) is 0 Å². The standard InChI is InChI=1S/C28H51NO6/c1-2-3-4-5-6-7-8-9-10-11-12-13-14-15-16-17-18-19-20-21-22-29(23-26(30)31,24-27(32)33)25-28(34)35/h15-16H,2-14,17-25H2,1H3,(H2-,30,31,32,33,34,35)/b16-15+. The second kappa shape index (κ2) is 22.6. The molecule has 0 aromatic carbocycles. The normalized spacial score (nSPS) is 11.8. The molecule has 0 bridgehead atoms. The number of carbonyl (C=O) groups is 3. The summed E-state index contributed by atoms with van der Waals surface area (Å²) in [5.41, 5.74) is 0. The van der Waals surface area contributed by atoms with Crippen molar-refractivity contribution in [2.24, 2.45) is 0 Å². The molecular formula is C28H51NO6. The van der Waals surface area contributed by atoms with Crippen molar-refractivity contribution in [2.75, 3.05) is 26.2 Å². The number of unbranched alkanes of at least 4 members (excludes halogenated alkanes) is 16. The van der Waals surface area contributed by atoms with Gasteiger partial charge >= 0.3 is 11.9 Å². The summed E-state index contributed by atoms with van der Waals surface area (Å²) in [5, 5.41) is 29.3. The summed E-state index contributed by atoms with van der Waals surface area (Å²) in [4.78, 5) is 33.4. The van der Waals surface area contributed by atoms with Crippen molar-refractivity contribution in [2.45, 2.75) is 122 Å². The molecule has 35 heavy (non-hydrogen) atoms. The first-order chi connectivity index (χ1) is 16.8. The summed E-state index contributed by atoms with van der Waals surface area (Å²) in [5.74, 6) is -3.83. The second-order valence-electron chi connectivity index (χ2n) is 10.1. The Bertz CT molecular complexity index is 549. The lowest BCUT2D eigenvalue weighted by Gasteiger charge is -2.36. The highest BCUT2D eigenvalue weighted by molar-refractivity contribution is 5.72. The van der Waals surface area contributed by atoms with Crippen LogP contribution >= 0.6 is 0 Å². The first kappa shape index (κ1) is 33.1. The van der Waals surface area contributed by atoms with E-state index in [9.17, 15) is 19.5 Å². The van der Waals surface area contributed by atoms with Crippen LogP contribution in [0.4, 0.5) is 0 Å². The summed E-state index contributed by atoms with van der Waals surface area (Å²) in [6, 6.07) is 0. The molecule has 0 radical (unpaired) electrons. The highest BCUT2D eigenvalue weighted by Gasteiger charge is 2.33. The molecule has 0 saturated heterocycles. The van der Waals surface area contributed by atoms with Gasteiger partial charge in [-0.25, -0.2) is 9.59 Å². The Balaban J connectivity index is 3.76. The Morgan fingerprint density at radius 2 is 0.971 bits per heavy atom. The SMILES string of the molecule is CCCCCCCCCCCCCC/C=C/CCCCCC[N+](CC(=O)[O-])(CC(=O)O)CC(=O)O. The van der Waals surface area contributed by atoms with E-state index < -0.39 is 42.0 Å². The van der Waals surface area contributed by atoms with Gasteiger partial charge in [-0.2, -0.15) is 0 Å². The van der Waals surface area contributed by atoms with E-state index in [2.05, 4.69) is 19.1 Å². The minimum Gasteiger partial charge on any atom is -0.544 e. The van der Waals surface area contributed by atoms with Crippen LogP contribution in [-0.2, 0) is 14.4 Å². The first-order valence-electron chi connectivity index (χ1n) is 13.9. The van der Waals surface area contributed by atoms with Gasteiger partial charge in [0.15, 0.2) is 13.1 Å². The number of hydrogen-bond donors (Lipinski definition) is 2. The lowest BCUT2D eigenvalue weighted by Crippen LogP contribution is -2.59. The van der Waals surface area contributed by atoms with Crippen LogP contribution in [-0.4, -0.2) is 58.8 Å². The number of nitrogens with zero attached hydrogens (tertiary/aromatic N) is 1. The summed E-state index contributed by atoms with van der Waals surface area (Å²) in [6.45, 7) is 0.821. The van der Waals surface area contributed by atoms with Gasteiger partial charge in [-0.1, -0.05) is 96.1 Å².